The molecule has 0 unspecified atom stereocenters. The van der Waals surface area contributed by atoms with Crippen molar-refractivity contribution in [3.8, 4) is 77.9 Å². The van der Waals surface area contributed by atoms with E-state index in [1.165, 1.54) is 166 Å². The van der Waals surface area contributed by atoms with Crippen LogP contribution in [0.1, 0.15) is 25.0 Å². The fourth-order valence-corrected chi connectivity index (χ4v) is 14.7. The van der Waals surface area contributed by atoms with Crippen LogP contribution in [0.25, 0.3) is 121 Å². The first-order chi connectivity index (χ1) is 41.7. The molecule has 3 heteroatoms. The van der Waals surface area contributed by atoms with Crippen LogP contribution in [-0.2, 0) is 5.41 Å². The molecule has 0 aromatic heterocycles. The summed E-state index contributed by atoms with van der Waals surface area (Å²) in [5.74, 6) is 0. The maximum absolute atomic E-state index is 2.37. The molecule has 404 valence electrons. The van der Waals surface area contributed by atoms with Crippen LogP contribution in [0.4, 0.5) is 34.1 Å². The fourth-order valence-electron chi connectivity index (χ4n) is 14.7. The lowest BCUT2D eigenvalue weighted by atomic mass is 9.81. The molecule has 0 saturated heterocycles. The van der Waals surface area contributed by atoms with Crippen molar-refractivity contribution in [1.82, 2.24) is 0 Å². The molecule has 0 bridgehead atoms. The minimum Gasteiger partial charge on any atom is -0.344 e. The van der Waals surface area contributed by atoms with Gasteiger partial charge in [0.15, 0.2) is 0 Å². The summed E-state index contributed by atoms with van der Waals surface area (Å²) in [4.78, 5) is 7.07. The molecule has 0 radical (unpaired) electrons. The number of rotatable bonds is 0. The van der Waals surface area contributed by atoms with Gasteiger partial charge in [-0.1, -0.05) is 244 Å². The molecule has 3 heterocycles. The van der Waals surface area contributed by atoms with Crippen molar-refractivity contribution in [2.24, 2.45) is 0 Å². The normalized spacial score (nSPS) is 13.3. The summed E-state index contributed by atoms with van der Waals surface area (Å²) >= 11 is 0. The quantitative estimate of drug-likeness (QED) is 0.111. The van der Waals surface area contributed by atoms with Gasteiger partial charge in [0.1, 0.15) is 0 Å². The van der Waals surface area contributed by atoms with Crippen molar-refractivity contribution >= 4 is 77.2 Å². The second-order valence-corrected chi connectivity index (χ2v) is 23.6. The molecule has 14 aromatic rings. The molecule has 18 rings (SSSR count). The molecule has 0 amide bonds. The van der Waals surface area contributed by atoms with Crippen LogP contribution in [-0.4, -0.2) is 21.1 Å². The lowest BCUT2D eigenvalue weighted by Gasteiger charge is -2.25. The Bertz CT molecular complexity index is 5060. The van der Waals surface area contributed by atoms with Crippen molar-refractivity contribution in [1.29, 1.82) is 0 Å². The third-order valence-corrected chi connectivity index (χ3v) is 18.8. The van der Waals surface area contributed by atoms with Gasteiger partial charge < -0.3 is 14.7 Å². The molecule has 0 fully saturated rings. The Hall–Kier alpha value is -10.5. The minimum atomic E-state index is 0.00757. The molecule has 14 aromatic carbocycles. The molecule has 0 spiro atoms. The average Bonchev–Trinajstić information content (AvgIpc) is 1.70. The number of fused-ring (bicyclic) bond motifs is 26. The molecule has 3 nitrogen and oxygen atoms in total. The summed E-state index contributed by atoms with van der Waals surface area (Å²) in [6, 6.07) is 102. The van der Waals surface area contributed by atoms with Crippen molar-refractivity contribution in [3.63, 3.8) is 0 Å². The topological polar surface area (TPSA) is 9.72 Å². The molecule has 3 aliphatic heterocycles. The van der Waals surface area contributed by atoms with Crippen molar-refractivity contribution in [3.05, 3.63) is 290 Å². The molecule has 1 aliphatic carbocycles. The zero-order chi connectivity index (χ0) is 57.1. The number of hydrogen-bond acceptors (Lipinski definition) is 3. The Labute approximate surface area is 497 Å². The Balaban J connectivity index is 0.000000104. The number of hydrogen-bond donors (Lipinski definition) is 0. The highest BCUT2D eigenvalue weighted by atomic mass is 15.1. The monoisotopic (exact) mass is 1090 g/mol. The van der Waals surface area contributed by atoms with Gasteiger partial charge in [-0.05, 0) is 142 Å². The van der Waals surface area contributed by atoms with Crippen LogP contribution in [0.2, 0.25) is 0 Å². The van der Waals surface area contributed by atoms with Gasteiger partial charge in [0.05, 0.1) is 5.69 Å². The predicted octanol–water partition coefficient (Wildman–Crippen LogP) is 22.2. The highest BCUT2D eigenvalue weighted by molar-refractivity contribution is 6.24. The summed E-state index contributed by atoms with van der Waals surface area (Å²) in [5, 5.41) is 10.4. The first-order valence-corrected chi connectivity index (χ1v) is 29.7. The van der Waals surface area contributed by atoms with Crippen molar-refractivity contribution < 1.29 is 0 Å². The van der Waals surface area contributed by atoms with E-state index in [1.54, 1.807) is 0 Å². The molecule has 4 aliphatic rings. The van der Waals surface area contributed by atoms with E-state index in [1.807, 2.05) is 0 Å². The van der Waals surface area contributed by atoms with Crippen LogP contribution >= 0.6 is 0 Å². The second-order valence-electron chi connectivity index (χ2n) is 23.6. The van der Waals surface area contributed by atoms with Crippen LogP contribution in [0.15, 0.2) is 279 Å². The molecular formula is C82H61N3. The third-order valence-electron chi connectivity index (χ3n) is 18.8. The van der Waals surface area contributed by atoms with E-state index >= 15 is 0 Å². The fraction of sp³-hybridized carbons (Fsp3) is 0.0732. The number of para-hydroxylation sites is 3. The van der Waals surface area contributed by atoms with E-state index in [9.17, 15) is 0 Å². The van der Waals surface area contributed by atoms with Gasteiger partial charge >= 0.3 is 0 Å². The molecule has 85 heavy (non-hydrogen) atoms. The van der Waals surface area contributed by atoms with Gasteiger partial charge in [0.25, 0.3) is 0 Å². The first-order valence-electron chi connectivity index (χ1n) is 29.7. The summed E-state index contributed by atoms with van der Waals surface area (Å²) < 4.78 is 0. The lowest BCUT2D eigenvalue weighted by Crippen LogP contribution is -2.15. The summed E-state index contributed by atoms with van der Waals surface area (Å²) in [6.07, 6.45) is 0. The van der Waals surface area contributed by atoms with Gasteiger partial charge in [-0.15, -0.1) is 0 Å². The third kappa shape index (κ3) is 7.73. The summed E-state index contributed by atoms with van der Waals surface area (Å²) in [5.41, 5.74) is 28.8. The number of benzene rings is 14. The Morgan fingerprint density at radius 3 is 1.19 bits per heavy atom. The molecule has 0 N–H and O–H groups in total. The van der Waals surface area contributed by atoms with E-state index in [0.29, 0.717) is 0 Å². The maximum Gasteiger partial charge on any atom is 0.0574 e. The van der Waals surface area contributed by atoms with E-state index in [0.717, 1.165) is 0 Å². The van der Waals surface area contributed by atoms with Crippen molar-refractivity contribution in [2.45, 2.75) is 19.3 Å². The standard InChI is InChI=1S/C28H23N.2C27H19N/c1-28(2)22-14-8-6-13-21(22)26-23(28)16-17-25-27(26)20-12-5-4-10-18(20)19-11-7-9-15-24(19)29(25)3;1-28-25-17-9-8-13-21(25)20-12-3-6-15-23(20)26-22-14-5-2-10-18(22)19-11-4-7-16-24(19)27(26)28;1-28-26-13-7-6-12-24(26)22-10-4-5-11-23(22)25-16-20-14-18-8-2-3-9-19(18)15-21(20)17-27(25)28/h4-17H,1-3H3;2*2-17H,1H3. The highest BCUT2D eigenvalue weighted by Gasteiger charge is 2.39. The molecule has 0 saturated carbocycles. The number of nitrogens with zero attached hydrogens (tertiary/aromatic N) is 3. The smallest absolute Gasteiger partial charge is 0.0574 e. The zero-order valence-corrected chi connectivity index (χ0v) is 48.4. The zero-order valence-electron chi connectivity index (χ0n) is 48.4. The number of anilines is 6. The van der Waals surface area contributed by atoms with Crippen LogP contribution < -0.4 is 14.7 Å². The van der Waals surface area contributed by atoms with Crippen LogP contribution in [0.5, 0.6) is 0 Å². The summed E-state index contributed by atoms with van der Waals surface area (Å²) in [6.45, 7) is 4.70. The lowest BCUT2D eigenvalue weighted by molar-refractivity contribution is 0.660. The Morgan fingerprint density at radius 2 is 0.612 bits per heavy atom. The second kappa shape index (κ2) is 19.6. The average molecular weight is 1090 g/mol. The summed E-state index contributed by atoms with van der Waals surface area (Å²) in [7, 11) is 6.57. The van der Waals surface area contributed by atoms with E-state index < -0.39 is 0 Å². The largest absolute Gasteiger partial charge is 0.344 e. The minimum absolute atomic E-state index is 0.00757. The predicted molar refractivity (Wildman–Crippen MR) is 364 cm³/mol. The van der Waals surface area contributed by atoms with Gasteiger partial charge in [0.2, 0.25) is 0 Å². The first kappa shape index (κ1) is 50.3. The SMILES string of the molecule is CN1c2ccccc2-c2ccccc2-c2c1c1ccccc1c1ccccc21.CN1c2ccccc2-c2ccccc2-c2c1ccc1c2-c2ccccc2C1(C)C.CN1c2ccccc2-c2ccccc2-c2cc3cc4ccccc4cc3cc21. The highest BCUT2D eigenvalue weighted by Crippen LogP contribution is 2.59. The van der Waals surface area contributed by atoms with Crippen LogP contribution in [0.3, 0.4) is 0 Å². The van der Waals surface area contributed by atoms with Gasteiger partial charge in [-0.25, -0.2) is 0 Å². The van der Waals surface area contributed by atoms with Gasteiger partial charge in [-0.3, -0.25) is 0 Å². The Kier molecular flexibility index (Phi) is 11.6. The van der Waals surface area contributed by atoms with E-state index in [4.69, 9.17) is 0 Å². The molecular weight excluding hydrogens is 1030 g/mol. The van der Waals surface area contributed by atoms with E-state index in [2.05, 4.69) is 329 Å². The van der Waals surface area contributed by atoms with Gasteiger partial charge in [-0.2, -0.15) is 0 Å². The van der Waals surface area contributed by atoms with Crippen molar-refractivity contribution in [2.75, 3.05) is 35.8 Å². The van der Waals surface area contributed by atoms with Gasteiger partial charge in [0, 0.05) is 93.8 Å². The maximum atomic E-state index is 2.37. The van der Waals surface area contributed by atoms with Crippen LogP contribution in [0, 0.1) is 0 Å². The Morgan fingerprint density at radius 1 is 0.224 bits per heavy atom. The van der Waals surface area contributed by atoms with E-state index in [-0.39, 0.29) is 5.41 Å². The molecule has 0 atom stereocenters.